The van der Waals surface area contributed by atoms with Gasteiger partial charge in [0.2, 0.25) is 5.69 Å². The zero-order valence-corrected chi connectivity index (χ0v) is 8.87. The molecule has 0 saturated carbocycles. The van der Waals surface area contributed by atoms with Crippen molar-refractivity contribution in [2.24, 2.45) is 0 Å². The molecule has 0 fully saturated rings. The molecule has 1 aromatic heterocycles. The largest absolute Gasteiger partial charge is 0.374 e. The summed E-state index contributed by atoms with van der Waals surface area (Å²) in [4.78, 5) is 0. The van der Waals surface area contributed by atoms with Gasteiger partial charge in [-0.2, -0.15) is 4.57 Å². The van der Waals surface area contributed by atoms with E-state index in [1.807, 2.05) is 12.1 Å². The maximum absolute atomic E-state index is 5.14. The summed E-state index contributed by atoms with van der Waals surface area (Å²) in [6.07, 6.45) is 2.09. The first-order valence-electron chi connectivity index (χ1n) is 4.54. The number of hydrogen-bond acceptors (Lipinski definition) is 1. The molecule has 1 heterocycles. The Labute approximate surface area is 80.2 Å². The zero-order chi connectivity index (χ0) is 9.90. The molecule has 0 radical (unpaired) electrons. The number of nitrogens with zero attached hydrogens (tertiary/aromatic N) is 1. The van der Waals surface area contributed by atoms with Crippen molar-refractivity contribution in [1.82, 2.24) is 0 Å². The first kappa shape index (κ1) is 10.2. The van der Waals surface area contributed by atoms with Crippen LogP contribution in [0.25, 0.3) is 0 Å². The molecule has 0 aromatic carbocycles. The van der Waals surface area contributed by atoms with Crippen LogP contribution in [0.2, 0.25) is 0 Å². The topological polar surface area (TPSA) is 13.1 Å². The molecule has 0 amide bonds. The zero-order valence-electron chi connectivity index (χ0n) is 8.87. The Morgan fingerprint density at radius 2 is 2.00 bits per heavy atom. The number of pyridine rings is 1. The maximum atomic E-state index is 5.14. The highest BCUT2D eigenvalue weighted by atomic mass is 16.5. The summed E-state index contributed by atoms with van der Waals surface area (Å²) < 4.78 is 7.38. The van der Waals surface area contributed by atoms with Crippen LogP contribution in [0.1, 0.15) is 26.5 Å². The van der Waals surface area contributed by atoms with Gasteiger partial charge in [0.1, 0.15) is 6.61 Å². The van der Waals surface area contributed by atoms with E-state index in [2.05, 4.69) is 37.6 Å². The van der Waals surface area contributed by atoms with Gasteiger partial charge in [0.05, 0.1) is 0 Å². The smallest absolute Gasteiger partial charge is 0.207 e. The first-order valence-corrected chi connectivity index (χ1v) is 4.54. The monoisotopic (exact) mass is 180 g/mol. The van der Waals surface area contributed by atoms with E-state index in [9.17, 15) is 0 Å². The second-order valence-electron chi connectivity index (χ2n) is 4.17. The van der Waals surface area contributed by atoms with Gasteiger partial charge in [-0.05, 0) is 0 Å². The van der Waals surface area contributed by atoms with Gasteiger partial charge in [-0.15, -0.1) is 0 Å². The third-order valence-corrected chi connectivity index (χ3v) is 1.96. The normalized spacial score (nSPS) is 11.7. The molecule has 0 aliphatic heterocycles. The Hall–Kier alpha value is -0.890. The van der Waals surface area contributed by atoms with Crippen molar-refractivity contribution in [3.8, 4) is 0 Å². The first-order chi connectivity index (χ1) is 6.05. The molecule has 1 rings (SSSR count). The van der Waals surface area contributed by atoms with Crippen molar-refractivity contribution in [3.63, 3.8) is 0 Å². The van der Waals surface area contributed by atoms with Gasteiger partial charge in [-0.1, -0.05) is 6.07 Å². The molecule has 0 aliphatic rings. The van der Waals surface area contributed by atoms with E-state index in [0.717, 1.165) is 0 Å². The summed E-state index contributed by atoms with van der Waals surface area (Å²) in [5.41, 5.74) is 1.33. The SMILES string of the molecule is COCc1cccc[n+]1C(C)(C)C. The van der Waals surface area contributed by atoms with Crippen molar-refractivity contribution in [2.45, 2.75) is 32.9 Å². The van der Waals surface area contributed by atoms with E-state index >= 15 is 0 Å². The minimum atomic E-state index is 0.120. The number of aromatic nitrogens is 1. The van der Waals surface area contributed by atoms with Gasteiger partial charge in [0.15, 0.2) is 11.7 Å². The molecule has 0 N–H and O–H groups in total. The molecule has 0 bridgehead atoms. The molecule has 0 unspecified atom stereocenters. The predicted octanol–water partition coefficient (Wildman–Crippen LogP) is 1.88. The Morgan fingerprint density at radius 3 is 2.54 bits per heavy atom. The molecule has 72 valence electrons. The van der Waals surface area contributed by atoms with E-state index < -0.39 is 0 Å². The molecule has 2 heteroatoms. The summed E-state index contributed by atoms with van der Waals surface area (Å²) in [6.45, 7) is 7.22. The van der Waals surface area contributed by atoms with Gasteiger partial charge in [0, 0.05) is 40.0 Å². The molecular formula is C11H18NO+. The van der Waals surface area contributed by atoms with Crippen molar-refractivity contribution >= 4 is 0 Å². The molecule has 13 heavy (non-hydrogen) atoms. The summed E-state index contributed by atoms with van der Waals surface area (Å²) in [5, 5.41) is 0. The minimum Gasteiger partial charge on any atom is -0.374 e. The van der Waals surface area contributed by atoms with E-state index in [1.54, 1.807) is 7.11 Å². The lowest BCUT2D eigenvalue weighted by Crippen LogP contribution is -2.52. The van der Waals surface area contributed by atoms with Crippen LogP contribution in [-0.2, 0) is 16.9 Å². The molecular weight excluding hydrogens is 162 g/mol. The Bertz CT molecular complexity index is 276. The average molecular weight is 180 g/mol. The number of ether oxygens (including phenoxy) is 1. The number of rotatable bonds is 2. The second kappa shape index (κ2) is 3.88. The summed E-state index contributed by atoms with van der Waals surface area (Å²) >= 11 is 0. The van der Waals surface area contributed by atoms with E-state index in [0.29, 0.717) is 6.61 Å². The Morgan fingerprint density at radius 1 is 1.31 bits per heavy atom. The van der Waals surface area contributed by atoms with Gasteiger partial charge in [-0.3, -0.25) is 0 Å². The van der Waals surface area contributed by atoms with Crippen LogP contribution in [-0.4, -0.2) is 7.11 Å². The van der Waals surface area contributed by atoms with Crippen molar-refractivity contribution in [2.75, 3.05) is 7.11 Å². The molecule has 0 atom stereocenters. The second-order valence-corrected chi connectivity index (χ2v) is 4.17. The Kier molecular flexibility index (Phi) is 3.04. The maximum Gasteiger partial charge on any atom is 0.207 e. The molecule has 1 aromatic rings. The molecule has 0 aliphatic carbocycles. The standard InChI is InChI=1S/C11H18NO/c1-11(2,3)12-8-6-5-7-10(12)9-13-4/h5-8H,9H2,1-4H3/q+1. The number of hydrogen-bond donors (Lipinski definition) is 0. The van der Waals surface area contributed by atoms with Crippen molar-refractivity contribution < 1.29 is 9.30 Å². The fraction of sp³-hybridized carbons (Fsp3) is 0.545. The highest BCUT2D eigenvalue weighted by Gasteiger charge is 2.24. The molecule has 2 nitrogen and oxygen atoms in total. The molecule has 0 saturated heterocycles. The summed E-state index contributed by atoms with van der Waals surface area (Å²) in [5.74, 6) is 0. The quantitative estimate of drug-likeness (QED) is 0.633. The minimum absolute atomic E-state index is 0.120. The van der Waals surface area contributed by atoms with Crippen LogP contribution in [0.15, 0.2) is 24.4 Å². The lowest BCUT2D eigenvalue weighted by Gasteiger charge is -2.15. The van der Waals surface area contributed by atoms with Crippen LogP contribution in [0, 0.1) is 0 Å². The van der Waals surface area contributed by atoms with E-state index in [-0.39, 0.29) is 5.54 Å². The highest BCUT2D eigenvalue weighted by Crippen LogP contribution is 2.06. The summed E-state index contributed by atoms with van der Waals surface area (Å²) in [6, 6.07) is 6.18. The van der Waals surface area contributed by atoms with Crippen LogP contribution in [0.4, 0.5) is 0 Å². The summed E-state index contributed by atoms with van der Waals surface area (Å²) in [7, 11) is 1.72. The van der Waals surface area contributed by atoms with E-state index in [4.69, 9.17) is 4.74 Å². The van der Waals surface area contributed by atoms with Crippen LogP contribution >= 0.6 is 0 Å². The van der Waals surface area contributed by atoms with Crippen LogP contribution < -0.4 is 4.57 Å². The third-order valence-electron chi connectivity index (χ3n) is 1.96. The highest BCUT2D eigenvalue weighted by molar-refractivity contribution is 4.96. The van der Waals surface area contributed by atoms with Gasteiger partial charge >= 0.3 is 0 Å². The van der Waals surface area contributed by atoms with Gasteiger partial charge < -0.3 is 4.74 Å². The fourth-order valence-corrected chi connectivity index (χ4v) is 1.40. The lowest BCUT2D eigenvalue weighted by atomic mass is 10.1. The average Bonchev–Trinajstić information content (AvgIpc) is 2.04. The van der Waals surface area contributed by atoms with E-state index in [1.165, 1.54) is 5.69 Å². The predicted molar refractivity (Wildman–Crippen MR) is 52.3 cm³/mol. The van der Waals surface area contributed by atoms with Crippen molar-refractivity contribution in [1.29, 1.82) is 0 Å². The Balaban J connectivity index is 3.05. The third kappa shape index (κ3) is 2.52. The van der Waals surface area contributed by atoms with Gasteiger partial charge in [-0.25, -0.2) is 0 Å². The number of methoxy groups -OCH3 is 1. The molecule has 0 spiro atoms. The lowest BCUT2D eigenvalue weighted by molar-refractivity contribution is -0.761. The van der Waals surface area contributed by atoms with Crippen molar-refractivity contribution in [3.05, 3.63) is 30.1 Å². The van der Waals surface area contributed by atoms with Crippen LogP contribution in [0.5, 0.6) is 0 Å². The van der Waals surface area contributed by atoms with Crippen LogP contribution in [0.3, 0.4) is 0 Å². The fourth-order valence-electron chi connectivity index (χ4n) is 1.40. The van der Waals surface area contributed by atoms with Gasteiger partial charge in [0.25, 0.3) is 0 Å².